The van der Waals surface area contributed by atoms with E-state index in [1.807, 2.05) is 13.8 Å². The summed E-state index contributed by atoms with van der Waals surface area (Å²) < 4.78 is 47.1. The number of nitrogens with zero attached hydrogens (tertiary/aromatic N) is 2. The second kappa shape index (κ2) is 8.73. The van der Waals surface area contributed by atoms with E-state index in [9.17, 15) is 22.8 Å². The number of ether oxygens (including phenoxy) is 1. The van der Waals surface area contributed by atoms with Crippen molar-refractivity contribution in [2.45, 2.75) is 65.1 Å². The molecule has 0 amide bonds. The molecule has 1 aromatic rings. The lowest BCUT2D eigenvalue weighted by atomic mass is 10.0. The van der Waals surface area contributed by atoms with Crippen molar-refractivity contribution in [1.82, 2.24) is 9.47 Å². The van der Waals surface area contributed by atoms with Crippen LogP contribution in [-0.4, -0.2) is 41.7 Å². The molecule has 8 heteroatoms. The minimum atomic E-state index is -4.62. The normalized spacial score (nSPS) is 19.4. The van der Waals surface area contributed by atoms with Crippen LogP contribution in [0.15, 0.2) is 17.1 Å². The van der Waals surface area contributed by atoms with Crippen LogP contribution in [0.3, 0.4) is 0 Å². The molecule has 1 spiro atoms. The molecule has 30 heavy (non-hydrogen) atoms. The third-order valence-electron chi connectivity index (χ3n) is 6.23. The number of esters is 1. The molecular formula is C22H31F3N2O3. The number of pyridine rings is 1. The first kappa shape index (κ1) is 22.8. The second-order valence-corrected chi connectivity index (χ2v) is 9.13. The molecule has 1 unspecified atom stereocenters. The van der Waals surface area contributed by atoms with Crippen LogP contribution in [0.25, 0.3) is 0 Å². The van der Waals surface area contributed by atoms with E-state index in [1.165, 1.54) is 19.0 Å². The molecular weight excluding hydrogens is 397 g/mol. The minimum Gasteiger partial charge on any atom is -0.464 e. The number of rotatable bonds is 8. The number of halogens is 3. The van der Waals surface area contributed by atoms with Gasteiger partial charge in [0.05, 0.1) is 12.2 Å². The summed E-state index contributed by atoms with van der Waals surface area (Å²) in [5, 5.41) is 0. The van der Waals surface area contributed by atoms with Gasteiger partial charge < -0.3 is 14.2 Å². The topological polar surface area (TPSA) is 51.5 Å². The van der Waals surface area contributed by atoms with Gasteiger partial charge in [0, 0.05) is 25.4 Å². The maximum absolute atomic E-state index is 13.6. The van der Waals surface area contributed by atoms with Crippen molar-refractivity contribution in [3.63, 3.8) is 0 Å². The molecule has 0 N–H and O–H groups in total. The maximum atomic E-state index is 13.6. The van der Waals surface area contributed by atoms with Crippen molar-refractivity contribution in [1.29, 1.82) is 0 Å². The van der Waals surface area contributed by atoms with E-state index in [4.69, 9.17) is 4.74 Å². The van der Waals surface area contributed by atoms with E-state index >= 15 is 0 Å². The van der Waals surface area contributed by atoms with Crippen molar-refractivity contribution in [2.75, 3.05) is 26.2 Å². The van der Waals surface area contributed by atoms with Crippen molar-refractivity contribution >= 4 is 5.97 Å². The molecule has 168 valence electrons. The van der Waals surface area contributed by atoms with Gasteiger partial charge in [0.25, 0.3) is 5.56 Å². The van der Waals surface area contributed by atoms with Gasteiger partial charge in [-0.15, -0.1) is 0 Å². The summed E-state index contributed by atoms with van der Waals surface area (Å²) in [6.07, 6.45) is 0.641. The van der Waals surface area contributed by atoms with Gasteiger partial charge in [0.2, 0.25) is 0 Å². The van der Waals surface area contributed by atoms with Gasteiger partial charge in [-0.1, -0.05) is 13.8 Å². The van der Waals surface area contributed by atoms with Gasteiger partial charge in [-0.25, -0.2) is 4.79 Å². The number of hydrogen-bond donors (Lipinski definition) is 0. The molecule has 1 aliphatic carbocycles. The minimum absolute atomic E-state index is 0.0527. The van der Waals surface area contributed by atoms with Gasteiger partial charge in [-0.2, -0.15) is 13.2 Å². The zero-order valence-corrected chi connectivity index (χ0v) is 17.9. The summed E-state index contributed by atoms with van der Waals surface area (Å²) in [7, 11) is 0. The van der Waals surface area contributed by atoms with Crippen molar-refractivity contribution < 1.29 is 22.7 Å². The summed E-state index contributed by atoms with van der Waals surface area (Å²) >= 11 is 0. The lowest BCUT2D eigenvalue weighted by Gasteiger charge is -2.23. The van der Waals surface area contributed by atoms with Crippen LogP contribution in [-0.2, 0) is 22.1 Å². The highest BCUT2D eigenvalue weighted by atomic mass is 19.4. The Hall–Kier alpha value is -1.83. The molecule has 1 aromatic heterocycles. The average Bonchev–Trinajstić information content (AvgIpc) is 3.28. The Morgan fingerprint density at radius 2 is 1.97 bits per heavy atom. The van der Waals surface area contributed by atoms with Crippen molar-refractivity contribution in [2.24, 2.45) is 11.3 Å². The molecule has 1 aliphatic heterocycles. The number of carbonyl (C=O) groups excluding carboxylic acids is 1. The molecule has 1 atom stereocenters. The number of hydrogen-bond acceptors (Lipinski definition) is 4. The molecule has 0 radical (unpaired) electrons. The lowest BCUT2D eigenvalue weighted by Crippen LogP contribution is -2.34. The predicted molar refractivity (Wildman–Crippen MR) is 107 cm³/mol. The van der Waals surface area contributed by atoms with Crippen LogP contribution in [0.5, 0.6) is 0 Å². The van der Waals surface area contributed by atoms with Crippen LogP contribution in [0, 0.1) is 11.3 Å². The monoisotopic (exact) mass is 428 g/mol. The highest BCUT2D eigenvalue weighted by Crippen LogP contribution is 2.52. The van der Waals surface area contributed by atoms with E-state index in [0.29, 0.717) is 24.4 Å². The fourth-order valence-electron chi connectivity index (χ4n) is 4.39. The molecule has 5 nitrogen and oxygen atoms in total. The zero-order chi connectivity index (χ0) is 22.1. The Kier molecular flexibility index (Phi) is 6.65. The van der Waals surface area contributed by atoms with Crippen LogP contribution in [0.2, 0.25) is 0 Å². The average molecular weight is 428 g/mol. The molecule has 0 aromatic carbocycles. The lowest BCUT2D eigenvalue weighted by molar-refractivity contribution is -0.147. The highest BCUT2D eigenvalue weighted by Gasteiger charge is 2.47. The molecule has 2 heterocycles. The predicted octanol–water partition coefficient (Wildman–Crippen LogP) is 4.05. The Morgan fingerprint density at radius 3 is 2.50 bits per heavy atom. The van der Waals surface area contributed by atoms with E-state index in [2.05, 4.69) is 4.90 Å². The van der Waals surface area contributed by atoms with E-state index in [-0.39, 0.29) is 24.5 Å². The van der Waals surface area contributed by atoms with Gasteiger partial charge >= 0.3 is 12.1 Å². The smallest absolute Gasteiger partial charge is 0.416 e. The third-order valence-corrected chi connectivity index (χ3v) is 6.23. The van der Waals surface area contributed by atoms with E-state index in [1.54, 1.807) is 6.92 Å². The quantitative estimate of drug-likeness (QED) is 0.587. The third kappa shape index (κ3) is 5.25. The number of alkyl halides is 3. The molecule has 3 rings (SSSR count). The van der Waals surface area contributed by atoms with E-state index < -0.39 is 29.3 Å². The van der Waals surface area contributed by atoms with Gasteiger partial charge in [-0.05, 0) is 62.5 Å². The summed E-state index contributed by atoms with van der Waals surface area (Å²) in [4.78, 5) is 27.2. The summed E-state index contributed by atoms with van der Waals surface area (Å²) in [6, 6.07) is -0.297. The molecule has 1 saturated heterocycles. The Bertz CT molecular complexity index is 828. The van der Waals surface area contributed by atoms with Gasteiger partial charge in [0.15, 0.2) is 0 Å². The fourth-order valence-corrected chi connectivity index (χ4v) is 4.39. The van der Waals surface area contributed by atoms with Crippen LogP contribution in [0.4, 0.5) is 13.2 Å². The van der Waals surface area contributed by atoms with E-state index in [0.717, 1.165) is 24.1 Å². The van der Waals surface area contributed by atoms with Crippen molar-refractivity contribution in [3.05, 3.63) is 33.7 Å². The van der Waals surface area contributed by atoms with Crippen molar-refractivity contribution in [3.8, 4) is 0 Å². The zero-order valence-electron chi connectivity index (χ0n) is 17.9. The first-order valence-corrected chi connectivity index (χ1v) is 10.8. The Labute approximate surface area is 175 Å². The summed E-state index contributed by atoms with van der Waals surface area (Å²) in [5.74, 6) is -0.523. The number of carbonyl (C=O) groups is 1. The fraction of sp³-hybridized carbons (Fsp3) is 0.727. The largest absolute Gasteiger partial charge is 0.464 e. The molecule has 2 fully saturated rings. The molecule has 2 aliphatic rings. The first-order chi connectivity index (χ1) is 14.0. The van der Waals surface area contributed by atoms with Crippen LogP contribution < -0.4 is 5.56 Å². The number of likely N-dealkylation sites (tertiary alicyclic amines) is 1. The summed E-state index contributed by atoms with van der Waals surface area (Å²) in [5.41, 5.74) is -1.28. The second-order valence-electron chi connectivity index (χ2n) is 9.13. The number of aromatic nitrogens is 1. The Morgan fingerprint density at radius 1 is 1.27 bits per heavy atom. The first-order valence-electron chi connectivity index (χ1n) is 10.8. The molecule has 1 saturated carbocycles. The molecule has 0 bridgehead atoms. The summed E-state index contributed by atoms with van der Waals surface area (Å²) in [6.45, 7) is 7.94. The highest BCUT2D eigenvalue weighted by molar-refractivity contribution is 5.74. The van der Waals surface area contributed by atoms with Gasteiger partial charge in [-0.3, -0.25) is 4.79 Å². The van der Waals surface area contributed by atoms with Crippen LogP contribution in [0.1, 0.15) is 63.6 Å². The SMILES string of the molecule is CCOC(=O)C(CC(C)C)n1cc(CCN2CCC3(CC3)C2)c(C(F)(F)F)cc1=O. The van der Waals surface area contributed by atoms with Gasteiger partial charge in [0.1, 0.15) is 6.04 Å². The van der Waals surface area contributed by atoms with Crippen LogP contribution >= 0.6 is 0 Å². The standard InChI is InChI=1S/C22H31F3N2O3/c1-4-30-20(29)18(11-15(2)3)27-13-16(17(12-19(27)28)22(23,24)25)5-9-26-10-8-21(14-26)6-7-21/h12-13,15,18H,4-11,14H2,1-3H3. The maximum Gasteiger partial charge on any atom is 0.416 e. The Balaban J connectivity index is 1.90.